The van der Waals surface area contributed by atoms with E-state index in [4.69, 9.17) is 29.9 Å². The van der Waals surface area contributed by atoms with Gasteiger partial charge < -0.3 is 29.9 Å². The quantitative estimate of drug-likeness (QED) is 0.536. The van der Waals surface area contributed by atoms with Gasteiger partial charge in [-0.15, -0.1) is 0 Å². The summed E-state index contributed by atoms with van der Waals surface area (Å²) in [5.74, 6) is 1.03. The van der Waals surface area contributed by atoms with Crippen LogP contribution in [0.5, 0.6) is 0 Å². The highest BCUT2D eigenvalue weighted by atomic mass is 16.6. The van der Waals surface area contributed by atoms with Crippen LogP contribution in [-0.2, 0) is 9.47 Å². The van der Waals surface area contributed by atoms with Crippen LogP contribution in [0.4, 0.5) is 0 Å². The van der Waals surface area contributed by atoms with Gasteiger partial charge in [-0.3, -0.25) is 0 Å². The molecule has 0 radical (unpaired) electrons. The molecule has 0 aromatic rings. The fourth-order valence-corrected chi connectivity index (χ4v) is 3.06. The van der Waals surface area contributed by atoms with Crippen molar-refractivity contribution in [3.63, 3.8) is 0 Å². The smallest absolute Gasteiger partial charge is 0.114 e. The zero-order valence-electron chi connectivity index (χ0n) is 11.7. The third-order valence-electron chi connectivity index (χ3n) is 4.48. The molecular formula is C14H26O6. The molecule has 0 spiro atoms. The van der Waals surface area contributed by atoms with E-state index in [0.29, 0.717) is 25.0 Å². The minimum Gasteiger partial charge on any atom is -0.396 e. The molecule has 0 aromatic carbocycles. The normalized spacial score (nSPS) is 43.8. The minimum atomic E-state index is -0.554. The monoisotopic (exact) mass is 290 g/mol. The lowest BCUT2D eigenvalue weighted by Gasteiger charge is -2.25. The second-order valence-electron chi connectivity index (χ2n) is 5.98. The maximum atomic E-state index is 9.16. The Hall–Kier alpha value is -0.240. The van der Waals surface area contributed by atoms with Crippen molar-refractivity contribution in [3.8, 4) is 0 Å². The van der Waals surface area contributed by atoms with Crippen LogP contribution in [-0.4, -0.2) is 71.3 Å². The van der Waals surface area contributed by atoms with Crippen LogP contribution < -0.4 is 0 Å². The molecule has 3 aliphatic rings. The lowest BCUT2D eigenvalue weighted by atomic mass is 9.83. The summed E-state index contributed by atoms with van der Waals surface area (Å²) in [7, 11) is 0. The van der Waals surface area contributed by atoms with Crippen molar-refractivity contribution in [2.24, 2.45) is 11.8 Å². The Morgan fingerprint density at radius 1 is 0.700 bits per heavy atom. The van der Waals surface area contributed by atoms with Gasteiger partial charge >= 0.3 is 0 Å². The molecule has 1 saturated carbocycles. The van der Waals surface area contributed by atoms with E-state index in [0.717, 1.165) is 25.7 Å². The Morgan fingerprint density at radius 3 is 1.35 bits per heavy atom. The summed E-state index contributed by atoms with van der Waals surface area (Å²) in [6, 6.07) is 0. The van der Waals surface area contributed by atoms with Gasteiger partial charge in [0.15, 0.2) is 0 Å². The van der Waals surface area contributed by atoms with Crippen LogP contribution in [0.25, 0.3) is 0 Å². The molecule has 0 aromatic heterocycles. The van der Waals surface area contributed by atoms with E-state index in [2.05, 4.69) is 0 Å². The number of aliphatic hydroxyl groups excluding tert-OH is 4. The predicted molar refractivity (Wildman–Crippen MR) is 71.1 cm³/mol. The topological polar surface area (TPSA) is 99.4 Å². The average Bonchev–Trinajstić information content (AvgIpc) is 3.04. The zero-order chi connectivity index (χ0) is 14.5. The first-order valence-corrected chi connectivity index (χ1v) is 7.46. The third kappa shape index (κ3) is 3.90. The molecule has 6 nitrogen and oxygen atoms in total. The Labute approximate surface area is 119 Å². The van der Waals surface area contributed by atoms with E-state index in [1.807, 2.05) is 0 Å². The average molecular weight is 290 g/mol. The van der Waals surface area contributed by atoms with Gasteiger partial charge in [0, 0.05) is 13.2 Å². The summed E-state index contributed by atoms with van der Waals surface area (Å²) >= 11 is 0. The highest BCUT2D eigenvalue weighted by molar-refractivity contribution is 4.93. The summed E-state index contributed by atoms with van der Waals surface area (Å²) in [4.78, 5) is 0. The molecular weight excluding hydrogens is 264 g/mol. The maximum Gasteiger partial charge on any atom is 0.114 e. The van der Waals surface area contributed by atoms with Gasteiger partial charge in [-0.1, -0.05) is 0 Å². The van der Waals surface area contributed by atoms with Crippen molar-refractivity contribution < 1.29 is 29.9 Å². The van der Waals surface area contributed by atoms with Crippen LogP contribution >= 0.6 is 0 Å². The lowest BCUT2D eigenvalue weighted by molar-refractivity contribution is 0.00205. The van der Waals surface area contributed by atoms with Crippen molar-refractivity contribution in [2.75, 3.05) is 26.4 Å². The van der Waals surface area contributed by atoms with E-state index in [-0.39, 0.29) is 25.4 Å². The summed E-state index contributed by atoms with van der Waals surface area (Å²) in [5, 5.41) is 35.9. The van der Waals surface area contributed by atoms with E-state index >= 15 is 0 Å². The molecule has 2 saturated heterocycles. The number of hydrogen-bond acceptors (Lipinski definition) is 6. The van der Waals surface area contributed by atoms with Crippen LogP contribution in [0.15, 0.2) is 0 Å². The lowest BCUT2D eigenvalue weighted by Crippen LogP contribution is -2.30. The van der Waals surface area contributed by atoms with Gasteiger partial charge in [0.1, 0.15) is 24.4 Å². The van der Waals surface area contributed by atoms with Crippen molar-refractivity contribution in [3.05, 3.63) is 0 Å². The predicted octanol–water partition coefficient (Wildman–Crippen LogP) is -0.717. The molecule has 0 amide bonds. The maximum absolute atomic E-state index is 9.16. The van der Waals surface area contributed by atoms with Crippen molar-refractivity contribution in [1.82, 2.24) is 0 Å². The van der Waals surface area contributed by atoms with Crippen LogP contribution in [0.1, 0.15) is 25.7 Å². The van der Waals surface area contributed by atoms with Crippen molar-refractivity contribution >= 4 is 0 Å². The second kappa shape index (κ2) is 7.68. The molecule has 4 N–H and O–H groups in total. The summed E-state index contributed by atoms with van der Waals surface area (Å²) < 4.78 is 10.2. The third-order valence-corrected chi connectivity index (χ3v) is 4.48. The highest BCUT2D eigenvalue weighted by Crippen LogP contribution is 2.28. The van der Waals surface area contributed by atoms with Crippen LogP contribution in [0.3, 0.4) is 0 Å². The molecule has 0 unspecified atom stereocenters. The second-order valence-corrected chi connectivity index (χ2v) is 5.98. The molecule has 1 aliphatic carbocycles. The molecule has 118 valence electrons. The van der Waals surface area contributed by atoms with E-state index in [1.54, 1.807) is 0 Å². The molecule has 4 atom stereocenters. The zero-order valence-corrected chi connectivity index (χ0v) is 11.7. The van der Waals surface area contributed by atoms with Crippen LogP contribution in [0.2, 0.25) is 0 Å². The van der Waals surface area contributed by atoms with Crippen molar-refractivity contribution in [1.29, 1.82) is 0 Å². The van der Waals surface area contributed by atoms with Crippen LogP contribution in [0, 0.1) is 11.8 Å². The molecule has 2 heterocycles. The summed E-state index contributed by atoms with van der Waals surface area (Å²) in [5.41, 5.74) is 0. The fourth-order valence-electron chi connectivity index (χ4n) is 3.06. The first-order valence-electron chi connectivity index (χ1n) is 7.46. The number of fused-ring (bicyclic) bond motifs is 1. The Balaban J connectivity index is 0.000000147. The first-order chi connectivity index (χ1) is 9.65. The molecule has 0 bridgehead atoms. The molecule has 6 heteroatoms. The molecule has 2 aliphatic heterocycles. The number of ether oxygens (including phenoxy) is 2. The Kier molecular flexibility index (Phi) is 6.20. The number of hydrogen-bond donors (Lipinski definition) is 4. The molecule has 3 fully saturated rings. The van der Waals surface area contributed by atoms with E-state index in [9.17, 15) is 0 Å². The standard InChI is InChI=1S/C8H16O2.C6H10O4/c9-5-7-1-2-8(6-10)4-3-7;7-3-1-9-6-4(8)2-10-5(3)6/h7-10H,1-6H2;3-8H,1-2H2/t;3-,4+,5-,6-/m.1/s1. The van der Waals surface area contributed by atoms with E-state index < -0.39 is 12.2 Å². The van der Waals surface area contributed by atoms with Gasteiger partial charge in [-0.2, -0.15) is 0 Å². The SMILES string of the molecule is OCC1CCC(CO)CC1.O[C@@H]1CO[C@H]2[C@@H]1OC[C@@H]2O. The minimum absolute atomic E-state index is 0.284. The Bertz CT molecular complexity index is 251. The summed E-state index contributed by atoms with van der Waals surface area (Å²) in [6.07, 6.45) is 2.70. The van der Waals surface area contributed by atoms with Gasteiger partial charge in [0.25, 0.3) is 0 Å². The first kappa shape index (κ1) is 16.1. The number of rotatable bonds is 2. The van der Waals surface area contributed by atoms with Gasteiger partial charge in [0.2, 0.25) is 0 Å². The van der Waals surface area contributed by atoms with Gasteiger partial charge in [0.05, 0.1) is 13.2 Å². The largest absolute Gasteiger partial charge is 0.396 e. The molecule has 20 heavy (non-hydrogen) atoms. The highest BCUT2D eigenvalue weighted by Gasteiger charge is 2.46. The number of aliphatic hydroxyl groups is 4. The van der Waals surface area contributed by atoms with Crippen molar-refractivity contribution in [2.45, 2.75) is 50.1 Å². The molecule has 3 rings (SSSR count). The fraction of sp³-hybridized carbons (Fsp3) is 1.00. The van der Waals surface area contributed by atoms with E-state index in [1.165, 1.54) is 0 Å². The van der Waals surface area contributed by atoms with Gasteiger partial charge in [-0.05, 0) is 37.5 Å². The van der Waals surface area contributed by atoms with Gasteiger partial charge in [-0.25, -0.2) is 0 Å². The Morgan fingerprint density at radius 2 is 1.05 bits per heavy atom. The summed E-state index contributed by atoms with van der Waals surface area (Å²) in [6.45, 7) is 1.23.